The molecule has 0 radical (unpaired) electrons. The molecule has 3 aliphatic rings. The summed E-state index contributed by atoms with van der Waals surface area (Å²) in [7, 11) is 0. The first-order chi connectivity index (χ1) is 20.8. The summed E-state index contributed by atoms with van der Waals surface area (Å²) < 4.78 is 0. The number of carbonyl (C=O) groups is 4. The highest BCUT2D eigenvalue weighted by Gasteiger charge is 2.34. The molecule has 10 heteroatoms. The third kappa shape index (κ3) is 6.25. The van der Waals surface area contributed by atoms with Crippen molar-refractivity contribution in [2.75, 3.05) is 0 Å². The van der Waals surface area contributed by atoms with Crippen LogP contribution in [-0.4, -0.2) is 50.7 Å². The van der Waals surface area contributed by atoms with Gasteiger partial charge in [0.25, 0.3) is 11.8 Å². The number of amides is 2. The summed E-state index contributed by atoms with van der Waals surface area (Å²) in [5, 5.41) is 24.9. The molecule has 2 amide bonds. The van der Waals surface area contributed by atoms with E-state index in [4.69, 9.17) is 4.99 Å². The molecule has 0 fully saturated rings. The minimum Gasteiger partial charge on any atom is -0.481 e. The topological polar surface area (TPSA) is 161 Å². The maximum Gasteiger partial charge on any atom is 0.303 e. The van der Waals surface area contributed by atoms with Gasteiger partial charge in [-0.3, -0.25) is 24.2 Å². The van der Waals surface area contributed by atoms with Crippen LogP contribution >= 0.6 is 0 Å². The van der Waals surface area contributed by atoms with Crippen molar-refractivity contribution in [2.45, 2.75) is 99.0 Å². The number of nitrogens with one attached hydrogen (secondary N) is 3. The molecule has 0 saturated carbocycles. The minimum atomic E-state index is -0.904. The van der Waals surface area contributed by atoms with Crippen LogP contribution in [-0.2, 0) is 25.6 Å². The molecule has 3 aliphatic heterocycles. The van der Waals surface area contributed by atoms with Gasteiger partial charge < -0.3 is 25.8 Å². The van der Waals surface area contributed by atoms with Crippen LogP contribution in [0.15, 0.2) is 55.9 Å². The molecule has 44 heavy (non-hydrogen) atoms. The van der Waals surface area contributed by atoms with Crippen molar-refractivity contribution in [2.24, 2.45) is 4.99 Å². The number of allylic oxidation sites excluding steroid dienone is 4. The van der Waals surface area contributed by atoms with Gasteiger partial charge in [-0.15, -0.1) is 0 Å². The molecule has 0 bridgehead atoms. The predicted molar refractivity (Wildman–Crippen MR) is 169 cm³/mol. The van der Waals surface area contributed by atoms with Gasteiger partial charge >= 0.3 is 11.9 Å². The van der Waals surface area contributed by atoms with E-state index in [9.17, 15) is 29.4 Å². The number of rotatable bonds is 12. The van der Waals surface area contributed by atoms with Crippen molar-refractivity contribution in [1.82, 2.24) is 15.6 Å². The number of carboxylic acids is 2. The van der Waals surface area contributed by atoms with Crippen LogP contribution in [0, 0.1) is 6.92 Å². The normalized spacial score (nSPS) is 21.2. The molecular weight excluding hydrogens is 560 g/mol. The lowest BCUT2D eigenvalue weighted by atomic mass is 9.86. The van der Waals surface area contributed by atoms with E-state index in [-0.39, 0.29) is 30.6 Å². The zero-order valence-corrected chi connectivity index (χ0v) is 26.5. The number of carboxylic acid groups (broad SMARTS) is 2. The number of hydrogen-bond donors (Lipinski definition) is 5. The van der Waals surface area contributed by atoms with E-state index in [0.29, 0.717) is 48.2 Å². The summed E-state index contributed by atoms with van der Waals surface area (Å²) in [6.07, 6.45) is 5.66. The van der Waals surface area contributed by atoms with Crippen LogP contribution in [0.3, 0.4) is 0 Å². The molecule has 10 nitrogen and oxygen atoms in total. The van der Waals surface area contributed by atoms with E-state index in [1.54, 1.807) is 13.8 Å². The third-order valence-corrected chi connectivity index (χ3v) is 9.09. The molecule has 0 aromatic carbocycles. The number of aromatic amines is 1. The number of carbonyl (C=O) groups excluding carboxylic acids is 2. The SMILES string of the molecule is CCC1=C(C)C(=O)N/C1=C\C1=NC(C(C)c2[nH]c(/C=C3\NC(=O)C(C)=C3CC)c(C)c2CCC(=O)O)C(CCC(=O)O)=C1C. The van der Waals surface area contributed by atoms with Crippen molar-refractivity contribution in [3.63, 3.8) is 0 Å². The maximum absolute atomic E-state index is 12.4. The van der Waals surface area contributed by atoms with Crippen molar-refractivity contribution in [3.05, 3.63) is 73.4 Å². The number of aromatic nitrogens is 1. The highest BCUT2D eigenvalue weighted by atomic mass is 16.4. The molecule has 2 unspecified atom stereocenters. The summed E-state index contributed by atoms with van der Waals surface area (Å²) >= 11 is 0. The van der Waals surface area contributed by atoms with Crippen LogP contribution in [0.5, 0.6) is 0 Å². The Balaban J connectivity index is 1.81. The van der Waals surface area contributed by atoms with E-state index in [2.05, 4.69) is 15.6 Å². The molecule has 0 aliphatic carbocycles. The molecule has 4 heterocycles. The lowest BCUT2D eigenvalue weighted by Crippen LogP contribution is -2.18. The smallest absolute Gasteiger partial charge is 0.303 e. The second kappa shape index (κ2) is 13.0. The average Bonchev–Trinajstić information content (AvgIpc) is 3.63. The first-order valence-electron chi connectivity index (χ1n) is 15.2. The van der Waals surface area contributed by atoms with Gasteiger partial charge in [-0.1, -0.05) is 20.8 Å². The highest BCUT2D eigenvalue weighted by molar-refractivity contribution is 6.12. The van der Waals surface area contributed by atoms with Gasteiger partial charge in [0.15, 0.2) is 0 Å². The number of aliphatic imine (C=N–C) groups is 1. The van der Waals surface area contributed by atoms with E-state index in [0.717, 1.165) is 50.5 Å². The van der Waals surface area contributed by atoms with Crippen LogP contribution in [0.2, 0.25) is 0 Å². The summed E-state index contributed by atoms with van der Waals surface area (Å²) in [6.45, 7) is 13.5. The van der Waals surface area contributed by atoms with Crippen LogP contribution in [0.4, 0.5) is 0 Å². The van der Waals surface area contributed by atoms with E-state index < -0.39 is 18.0 Å². The Morgan fingerprint density at radius 2 is 1.36 bits per heavy atom. The lowest BCUT2D eigenvalue weighted by molar-refractivity contribution is -0.138. The van der Waals surface area contributed by atoms with Crippen molar-refractivity contribution in [3.8, 4) is 0 Å². The largest absolute Gasteiger partial charge is 0.481 e. The van der Waals surface area contributed by atoms with E-state index in [1.807, 2.05) is 46.8 Å². The summed E-state index contributed by atoms with van der Waals surface area (Å²) in [4.78, 5) is 56.6. The van der Waals surface area contributed by atoms with Crippen molar-refractivity contribution in [1.29, 1.82) is 0 Å². The van der Waals surface area contributed by atoms with Gasteiger partial charge in [0.2, 0.25) is 0 Å². The highest BCUT2D eigenvalue weighted by Crippen LogP contribution is 2.39. The fraction of sp³-hybridized carbons (Fsp3) is 0.441. The molecule has 1 aromatic heterocycles. The molecule has 1 aromatic rings. The molecule has 0 saturated heterocycles. The van der Waals surface area contributed by atoms with Crippen LogP contribution in [0.1, 0.15) is 102 Å². The summed E-state index contributed by atoms with van der Waals surface area (Å²) in [5.74, 6) is -2.32. The van der Waals surface area contributed by atoms with E-state index in [1.165, 1.54) is 0 Å². The first kappa shape index (κ1) is 32.4. The number of H-pyrrole nitrogens is 1. The van der Waals surface area contributed by atoms with Gasteiger partial charge in [0.05, 0.1) is 11.8 Å². The van der Waals surface area contributed by atoms with E-state index >= 15 is 0 Å². The zero-order chi connectivity index (χ0) is 32.5. The fourth-order valence-electron chi connectivity index (χ4n) is 6.47. The zero-order valence-electron chi connectivity index (χ0n) is 26.5. The Kier molecular flexibility index (Phi) is 9.61. The molecule has 5 N–H and O–H groups in total. The summed E-state index contributed by atoms with van der Waals surface area (Å²) in [5.41, 5.74) is 10.5. The van der Waals surface area contributed by atoms with Crippen LogP contribution < -0.4 is 10.6 Å². The van der Waals surface area contributed by atoms with Gasteiger partial charge in [-0.2, -0.15) is 0 Å². The van der Waals surface area contributed by atoms with Crippen molar-refractivity contribution >= 4 is 35.5 Å². The third-order valence-electron chi connectivity index (χ3n) is 9.09. The average molecular weight is 603 g/mol. The molecule has 0 spiro atoms. The monoisotopic (exact) mass is 602 g/mol. The van der Waals surface area contributed by atoms with Gasteiger partial charge in [0, 0.05) is 52.7 Å². The Morgan fingerprint density at radius 3 is 1.89 bits per heavy atom. The number of aliphatic carboxylic acids is 2. The lowest BCUT2D eigenvalue weighted by Gasteiger charge is -2.22. The number of nitrogens with zero attached hydrogens (tertiary/aromatic N) is 1. The maximum atomic E-state index is 12.4. The second-order valence-corrected chi connectivity index (χ2v) is 11.7. The van der Waals surface area contributed by atoms with Gasteiger partial charge in [-0.05, 0) is 98.9 Å². The van der Waals surface area contributed by atoms with Crippen LogP contribution in [0.25, 0.3) is 6.08 Å². The Hall–Kier alpha value is -4.47. The molecular formula is C34H42N4O6. The molecule has 4 rings (SSSR count). The summed E-state index contributed by atoms with van der Waals surface area (Å²) in [6, 6.07) is -0.393. The Labute approximate surface area is 257 Å². The minimum absolute atomic E-state index is 0.0522. The number of hydrogen-bond acceptors (Lipinski definition) is 5. The molecule has 2 atom stereocenters. The second-order valence-electron chi connectivity index (χ2n) is 11.7. The Morgan fingerprint density at radius 1 is 0.841 bits per heavy atom. The fourth-order valence-corrected chi connectivity index (χ4v) is 6.47. The van der Waals surface area contributed by atoms with Gasteiger partial charge in [-0.25, -0.2) is 0 Å². The first-order valence-corrected chi connectivity index (χ1v) is 15.2. The predicted octanol–water partition coefficient (Wildman–Crippen LogP) is 5.39. The molecule has 234 valence electrons. The van der Waals surface area contributed by atoms with Crippen molar-refractivity contribution < 1.29 is 29.4 Å². The Bertz CT molecular complexity index is 1630. The van der Waals surface area contributed by atoms with Gasteiger partial charge in [0.1, 0.15) is 0 Å². The quantitative estimate of drug-likeness (QED) is 0.216. The standard InChI is InChI=1S/C34H42N4O6/c1-8-21-18(5)33(43)37-27(21)14-25-16(3)23(10-12-29(39)40)31(35-25)20(7)32-24(11-13-30(41)42)17(4)26(36-32)15-28-22(9-2)19(6)34(44)38-28/h14-15,20,31,36H,8-13H2,1-7H3,(H,37,43)(H,38,44)(H,39,40)(H,41,42)/b27-14-,28-15-.